The van der Waals surface area contributed by atoms with Crippen LogP contribution in [0.1, 0.15) is 18.4 Å². The van der Waals surface area contributed by atoms with Crippen molar-refractivity contribution in [1.29, 1.82) is 0 Å². The van der Waals surface area contributed by atoms with Crippen LogP contribution in [0.5, 0.6) is 0 Å². The molecule has 0 bridgehead atoms. The number of carbonyl (C=O) groups excluding carboxylic acids is 2. The molecule has 96 valence electrons. The minimum Gasteiger partial charge on any atom is -0.469 e. The van der Waals surface area contributed by atoms with Gasteiger partial charge in [-0.1, -0.05) is 37.3 Å². The van der Waals surface area contributed by atoms with E-state index in [-0.39, 0.29) is 0 Å². The van der Waals surface area contributed by atoms with E-state index in [4.69, 9.17) is 0 Å². The van der Waals surface area contributed by atoms with Crippen molar-refractivity contribution in [3.05, 3.63) is 46.0 Å². The Morgan fingerprint density at radius 1 is 1.28 bits per heavy atom. The summed E-state index contributed by atoms with van der Waals surface area (Å²) >= 11 is 0. The number of hydrogen-bond donors (Lipinski definition) is 0. The largest absolute Gasteiger partial charge is 0.469 e. The number of rotatable bonds is 4. The molecule has 2 unspecified atom stereocenters. The molecule has 1 amide bonds. The molecule has 0 fully saturated rings. The maximum Gasteiger partial charge on any atom is 0.452 e. The lowest BCUT2D eigenvalue weighted by Crippen LogP contribution is -2.31. The highest BCUT2D eigenvalue weighted by Crippen LogP contribution is 2.26. The SMILES string of the molecule is COC(=O)C(C)C(C(=O)[N+](=O)[O-])c1ccccc1. The molecular formula is C12H13NO5. The molecule has 0 heterocycles. The van der Waals surface area contributed by atoms with Gasteiger partial charge in [0.15, 0.2) is 0 Å². The summed E-state index contributed by atoms with van der Waals surface area (Å²) in [6, 6.07) is 8.18. The van der Waals surface area contributed by atoms with Crippen LogP contribution >= 0.6 is 0 Å². The summed E-state index contributed by atoms with van der Waals surface area (Å²) in [5, 5.41) is 10.6. The molecule has 1 rings (SSSR count). The zero-order valence-electron chi connectivity index (χ0n) is 10.0. The molecule has 0 aliphatic carbocycles. The third kappa shape index (κ3) is 2.91. The smallest absolute Gasteiger partial charge is 0.452 e. The summed E-state index contributed by atoms with van der Waals surface area (Å²) in [7, 11) is 1.18. The Kier molecular flexibility index (Phi) is 4.53. The van der Waals surface area contributed by atoms with Gasteiger partial charge >= 0.3 is 11.9 Å². The highest BCUT2D eigenvalue weighted by atomic mass is 16.6. The molecule has 0 aliphatic heterocycles. The van der Waals surface area contributed by atoms with Gasteiger partial charge < -0.3 is 4.74 Å². The van der Waals surface area contributed by atoms with Gasteiger partial charge in [0.2, 0.25) is 0 Å². The van der Waals surface area contributed by atoms with Gasteiger partial charge in [-0.15, -0.1) is 0 Å². The maximum atomic E-state index is 11.6. The van der Waals surface area contributed by atoms with E-state index in [1.54, 1.807) is 30.3 Å². The molecule has 1 aromatic rings. The molecule has 18 heavy (non-hydrogen) atoms. The van der Waals surface area contributed by atoms with Gasteiger partial charge in [0.05, 0.1) is 13.0 Å². The Bertz CT molecular complexity index is 457. The summed E-state index contributed by atoms with van der Waals surface area (Å²) < 4.78 is 4.53. The van der Waals surface area contributed by atoms with Gasteiger partial charge in [-0.25, -0.2) is 4.79 Å². The third-order valence-electron chi connectivity index (χ3n) is 2.68. The number of carbonyl (C=O) groups is 2. The first-order valence-electron chi connectivity index (χ1n) is 5.30. The molecule has 0 aliphatic rings. The summed E-state index contributed by atoms with van der Waals surface area (Å²) in [6.07, 6.45) is 0. The first kappa shape index (κ1) is 13.8. The molecule has 1 aromatic carbocycles. The summed E-state index contributed by atoms with van der Waals surface area (Å²) in [6.45, 7) is 1.44. The topological polar surface area (TPSA) is 86.5 Å². The second kappa shape index (κ2) is 5.90. The van der Waals surface area contributed by atoms with Crippen molar-refractivity contribution in [2.75, 3.05) is 7.11 Å². The van der Waals surface area contributed by atoms with Crippen LogP contribution < -0.4 is 0 Å². The fourth-order valence-electron chi connectivity index (χ4n) is 1.74. The molecule has 0 radical (unpaired) electrons. The summed E-state index contributed by atoms with van der Waals surface area (Å²) in [4.78, 5) is 32.7. The van der Waals surface area contributed by atoms with E-state index in [1.807, 2.05) is 0 Å². The standard InChI is InChI=1S/C12H13NO5/c1-8(12(15)18-2)10(11(14)13(16)17)9-6-4-3-5-7-9/h3-8,10H,1-2H3. The van der Waals surface area contributed by atoms with Gasteiger partial charge in [0.1, 0.15) is 10.8 Å². The molecule has 0 saturated heterocycles. The molecular weight excluding hydrogens is 238 g/mol. The minimum atomic E-state index is -1.21. The van der Waals surface area contributed by atoms with E-state index in [0.29, 0.717) is 5.56 Å². The quantitative estimate of drug-likeness (QED) is 0.458. The average Bonchev–Trinajstić information content (AvgIpc) is 2.38. The minimum absolute atomic E-state index is 0.428. The Balaban J connectivity index is 3.15. The van der Waals surface area contributed by atoms with Crippen molar-refractivity contribution in [3.8, 4) is 0 Å². The predicted molar refractivity (Wildman–Crippen MR) is 62.4 cm³/mol. The van der Waals surface area contributed by atoms with Gasteiger partial charge in [-0.2, -0.15) is 0 Å². The first-order valence-corrected chi connectivity index (χ1v) is 5.30. The van der Waals surface area contributed by atoms with Gasteiger partial charge in [-0.05, 0) is 5.56 Å². The van der Waals surface area contributed by atoms with E-state index in [9.17, 15) is 19.7 Å². The summed E-state index contributed by atoms with van der Waals surface area (Å²) in [5.41, 5.74) is 0.428. The Morgan fingerprint density at radius 2 is 1.83 bits per heavy atom. The highest BCUT2D eigenvalue weighted by molar-refractivity contribution is 5.85. The number of esters is 1. The number of methoxy groups -OCH3 is 1. The zero-order valence-corrected chi connectivity index (χ0v) is 10.0. The first-order chi connectivity index (χ1) is 8.49. The molecule has 0 aromatic heterocycles. The van der Waals surface area contributed by atoms with Crippen molar-refractivity contribution in [1.82, 2.24) is 0 Å². The monoisotopic (exact) mass is 251 g/mol. The molecule has 0 saturated carbocycles. The zero-order chi connectivity index (χ0) is 13.7. The van der Waals surface area contributed by atoms with Crippen LogP contribution in [0.3, 0.4) is 0 Å². The summed E-state index contributed by atoms with van der Waals surface area (Å²) in [5.74, 6) is -3.90. The number of amides is 1. The van der Waals surface area contributed by atoms with E-state index < -0.39 is 28.6 Å². The number of nitro groups is 1. The number of hydrogen-bond acceptors (Lipinski definition) is 5. The lowest BCUT2D eigenvalue weighted by molar-refractivity contribution is -0.404. The lowest BCUT2D eigenvalue weighted by atomic mass is 9.86. The maximum absolute atomic E-state index is 11.6. The fraction of sp³-hybridized carbons (Fsp3) is 0.333. The number of nitrogens with zero attached hydrogens (tertiary/aromatic N) is 1. The van der Waals surface area contributed by atoms with Crippen LogP contribution in [-0.2, 0) is 14.3 Å². The second-order valence-corrected chi connectivity index (χ2v) is 3.80. The molecule has 6 heteroatoms. The third-order valence-corrected chi connectivity index (χ3v) is 2.68. The van der Waals surface area contributed by atoms with Gasteiger partial charge in [0, 0.05) is 0 Å². The van der Waals surface area contributed by atoms with Crippen molar-refractivity contribution in [2.24, 2.45) is 5.92 Å². The van der Waals surface area contributed by atoms with E-state index in [2.05, 4.69) is 4.74 Å². The molecule has 2 atom stereocenters. The van der Waals surface area contributed by atoms with Crippen LogP contribution in [0, 0.1) is 16.0 Å². The molecule has 6 nitrogen and oxygen atoms in total. The van der Waals surface area contributed by atoms with Gasteiger partial charge in [0.25, 0.3) is 0 Å². The fourth-order valence-corrected chi connectivity index (χ4v) is 1.74. The number of benzene rings is 1. The predicted octanol–water partition coefficient (Wildman–Crippen LogP) is 1.38. The Labute approximate surface area is 104 Å². The number of ether oxygens (including phenoxy) is 1. The Hall–Kier alpha value is -2.24. The van der Waals surface area contributed by atoms with Crippen LogP contribution in [0.25, 0.3) is 0 Å². The van der Waals surface area contributed by atoms with Crippen molar-refractivity contribution in [2.45, 2.75) is 12.8 Å². The molecule has 0 N–H and O–H groups in total. The van der Waals surface area contributed by atoms with Crippen molar-refractivity contribution in [3.63, 3.8) is 0 Å². The van der Waals surface area contributed by atoms with Crippen molar-refractivity contribution < 1.29 is 19.2 Å². The van der Waals surface area contributed by atoms with Gasteiger partial charge in [-0.3, -0.25) is 14.9 Å². The van der Waals surface area contributed by atoms with Crippen LogP contribution in [0.4, 0.5) is 0 Å². The van der Waals surface area contributed by atoms with E-state index in [1.165, 1.54) is 14.0 Å². The lowest BCUT2D eigenvalue weighted by Gasteiger charge is -2.16. The van der Waals surface area contributed by atoms with Crippen LogP contribution in [0.2, 0.25) is 0 Å². The van der Waals surface area contributed by atoms with Crippen LogP contribution in [0.15, 0.2) is 30.3 Å². The Morgan fingerprint density at radius 3 is 2.28 bits per heavy atom. The van der Waals surface area contributed by atoms with E-state index >= 15 is 0 Å². The highest BCUT2D eigenvalue weighted by Gasteiger charge is 2.39. The molecule has 0 spiro atoms. The van der Waals surface area contributed by atoms with Crippen molar-refractivity contribution >= 4 is 11.9 Å². The second-order valence-electron chi connectivity index (χ2n) is 3.80. The van der Waals surface area contributed by atoms with E-state index in [0.717, 1.165) is 0 Å². The normalized spacial score (nSPS) is 13.4. The van der Waals surface area contributed by atoms with Crippen LogP contribution in [-0.4, -0.2) is 23.9 Å². The average molecular weight is 251 g/mol.